The van der Waals surface area contributed by atoms with Crippen molar-refractivity contribution in [1.29, 1.82) is 0 Å². The van der Waals surface area contributed by atoms with E-state index < -0.39 is 23.9 Å². The number of rotatable bonds is 5. The van der Waals surface area contributed by atoms with E-state index in [9.17, 15) is 14.4 Å². The second-order valence-electron chi connectivity index (χ2n) is 3.25. The number of nitrogens with one attached hydrogen (secondary N) is 1. The van der Waals surface area contributed by atoms with Gasteiger partial charge in [0.05, 0.1) is 18.4 Å². The highest BCUT2D eigenvalue weighted by Gasteiger charge is 2.48. The Bertz CT molecular complexity index is 291. The minimum atomic E-state index is -0.955. The molecule has 7 nitrogen and oxygen atoms in total. The fourth-order valence-corrected chi connectivity index (χ4v) is 1.21. The highest BCUT2D eigenvalue weighted by atomic mass is 16.5. The Morgan fingerprint density at radius 2 is 2.07 bits per heavy atom. The molecule has 84 valence electrons. The lowest BCUT2D eigenvalue weighted by Gasteiger charge is -2.03. The van der Waals surface area contributed by atoms with E-state index in [0.29, 0.717) is 6.42 Å². The summed E-state index contributed by atoms with van der Waals surface area (Å²) in [4.78, 5) is 31.8. The maximum Gasteiger partial charge on any atom is 0.404 e. The minimum absolute atomic E-state index is 0.00840. The molecule has 2 amide bonds. The van der Waals surface area contributed by atoms with Gasteiger partial charge in [-0.1, -0.05) is 0 Å². The van der Waals surface area contributed by atoms with E-state index in [2.05, 4.69) is 10.1 Å². The number of ether oxygens (including phenoxy) is 1. The van der Waals surface area contributed by atoms with Crippen LogP contribution in [-0.4, -0.2) is 36.2 Å². The molecule has 4 N–H and O–H groups in total. The van der Waals surface area contributed by atoms with E-state index in [1.54, 1.807) is 0 Å². The van der Waals surface area contributed by atoms with Gasteiger partial charge in [-0.25, -0.2) is 4.79 Å². The molecular formula is C8H12N2O5. The minimum Gasteiger partial charge on any atom is -0.481 e. The van der Waals surface area contributed by atoms with Crippen molar-refractivity contribution in [3.63, 3.8) is 0 Å². The molecule has 0 heterocycles. The van der Waals surface area contributed by atoms with Gasteiger partial charge in [0.1, 0.15) is 6.61 Å². The van der Waals surface area contributed by atoms with E-state index in [4.69, 9.17) is 10.8 Å². The van der Waals surface area contributed by atoms with Crippen LogP contribution in [0.5, 0.6) is 0 Å². The first-order valence-electron chi connectivity index (χ1n) is 4.45. The molecule has 2 atom stereocenters. The number of aliphatic carboxylic acids is 1. The van der Waals surface area contributed by atoms with Crippen molar-refractivity contribution in [2.75, 3.05) is 13.2 Å². The quantitative estimate of drug-likeness (QED) is 0.505. The molecule has 1 aliphatic rings. The number of primary amides is 1. The number of carboxylic acid groups (broad SMARTS) is 1. The van der Waals surface area contributed by atoms with Crippen LogP contribution in [0.3, 0.4) is 0 Å². The Kier molecular flexibility index (Phi) is 3.48. The van der Waals surface area contributed by atoms with Crippen molar-refractivity contribution in [1.82, 2.24) is 5.32 Å². The van der Waals surface area contributed by atoms with Crippen molar-refractivity contribution < 1.29 is 24.2 Å². The maximum absolute atomic E-state index is 11.2. The average Bonchev–Trinajstić information content (AvgIpc) is 2.90. The molecule has 1 rings (SSSR count). The van der Waals surface area contributed by atoms with Gasteiger partial charge in [0.25, 0.3) is 0 Å². The second-order valence-corrected chi connectivity index (χ2v) is 3.25. The predicted octanol–water partition coefficient (Wildman–Crippen LogP) is -1.08. The average molecular weight is 216 g/mol. The summed E-state index contributed by atoms with van der Waals surface area (Å²) in [5.41, 5.74) is 4.69. The van der Waals surface area contributed by atoms with Crippen molar-refractivity contribution in [2.24, 2.45) is 17.6 Å². The summed E-state index contributed by atoms with van der Waals surface area (Å²) in [6, 6.07) is 0. The van der Waals surface area contributed by atoms with Gasteiger partial charge in [0.15, 0.2) is 0 Å². The largest absolute Gasteiger partial charge is 0.481 e. The third-order valence-electron chi connectivity index (χ3n) is 2.09. The monoisotopic (exact) mass is 216 g/mol. The first-order valence-corrected chi connectivity index (χ1v) is 4.45. The molecule has 1 saturated carbocycles. The molecule has 0 aromatic heterocycles. The van der Waals surface area contributed by atoms with Crippen LogP contribution in [0.2, 0.25) is 0 Å². The molecule has 15 heavy (non-hydrogen) atoms. The molecule has 0 aromatic carbocycles. The molecule has 0 aromatic rings. The molecule has 1 fully saturated rings. The topological polar surface area (TPSA) is 119 Å². The van der Waals surface area contributed by atoms with Gasteiger partial charge in [0.2, 0.25) is 5.91 Å². The van der Waals surface area contributed by atoms with Crippen molar-refractivity contribution in [2.45, 2.75) is 6.42 Å². The summed E-state index contributed by atoms with van der Waals surface area (Å²) in [7, 11) is 0. The van der Waals surface area contributed by atoms with Crippen LogP contribution in [0.15, 0.2) is 0 Å². The van der Waals surface area contributed by atoms with Crippen LogP contribution in [0.1, 0.15) is 6.42 Å². The summed E-state index contributed by atoms with van der Waals surface area (Å²) in [5, 5.41) is 11.0. The lowest BCUT2D eigenvalue weighted by Crippen LogP contribution is -2.31. The number of carboxylic acids is 1. The number of hydrogen-bond donors (Lipinski definition) is 3. The summed E-state index contributed by atoms with van der Waals surface area (Å²) in [5.74, 6) is -2.29. The molecule has 0 spiro atoms. The van der Waals surface area contributed by atoms with Gasteiger partial charge in [-0.15, -0.1) is 0 Å². The smallest absolute Gasteiger partial charge is 0.404 e. The van der Waals surface area contributed by atoms with Crippen LogP contribution < -0.4 is 11.1 Å². The number of amides is 2. The van der Waals surface area contributed by atoms with E-state index >= 15 is 0 Å². The Morgan fingerprint density at radius 1 is 1.40 bits per heavy atom. The zero-order valence-electron chi connectivity index (χ0n) is 7.93. The van der Waals surface area contributed by atoms with Gasteiger partial charge in [-0.3, -0.25) is 9.59 Å². The van der Waals surface area contributed by atoms with Crippen LogP contribution in [-0.2, 0) is 14.3 Å². The molecule has 0 radical (unpaired) electrons. The van der Waals surface area contributed by atoms with E-state index in [1.807, 2.05) is 0 Å². The molecule has 0 bridgehead atoms. The highest BCUT2D eigenvalue weighted by molar-refractivity contribution is 5.89. The fourth-order valence-electron chi connectivity index (χ4n) is 1.21. The van der Waals surface area contributed by atoms with Gasteiger partial charge in [-0.2, -0.15) is 0 Å². The molecule has 1 aliphatic carbocycles. The van der Waals surface area contributed by atoms with E-state index in [1.165, 1.54) is 0 Å². The highest BCUT2D eigenvalue weighted by Crippen LogP contribution is 2.38. The Morgan fingerprint density at radius 3 is 2.53 bits per heavy atom. The van der Waals surface area contributed by atoms with Crippen LogP contribution in [0.4, 0.5) is 4.79 Å². The maximum atomic E-state index is 11.2. The third kappa shape index (κ3) is 3.45. The predicted molar refractivity (Wildman–Crippen MR) is 47.8 cm³/mol. The zero-order chi connectivity index (χ0) is 11.4. The molecular weight excluding hydrogens is 204 g/mol. The van der Waals surface area contributed by atoms with Crippen LogP contribution >= 0.6 is 0 Å². The normalized spacial score (nSPS) is 22.9. The summed E-state index contributed by atoms with van der Waals surface area (Å²) in [6.07, 6.45) is -0.531. The number of carbonyl (C=O) groups excluding carboxylic acids is 2. The summed E-state index contributed by atoms with van der Waals surface area (Å²) in [6.45, 7) is 0.135. The molecule has 7 heteroatoms. The number of hydrogen-bond acceptors (Lipinski definition) is 4. The molecule has 0 saturated heterocycles. The first kappa shape index (κ1) is 11.3. The van der Waals surface area contributed by atoms with E-state index in [0.717, 1.165) is 0 Å². The number of nitrogens with two attached hydrogens (primary N) is 1. The molecule has 0 unspecified atom stereocenters. The van der Waals surface area contributed by atoms with E-state index in [-0.39, 0.29) is 19.1 Å². The Labute approximate surface area is 85.6 Å². The van der Waals surface area contributed by atoms with Crippen LogP contribution in [0, 0.1) is 11.8 Å². The van der Waals surface area contributed by atoms with Gasteiger partial charge in [0, 0.05) is 0 Å². The first-order chi connectivity index (χ1) is 7.02. The van der Waals surface area contributed by atoms with Crippen molar-refractivity contribution in [3.8, 4) is 0 Å². The second kappa shape index (κ2) is 4.63. The Hall–Kier alpha value is -1.79. The van der Waals surface area contributed by atoms with Gasteiger partial charge in [-0.05, 0) is 6.42 Å². The van der Waals surface area contributed by atoms with Gasteiger partial charge >= 0.3 is 12.1 Å². The van der Waals surface area contributed by atoms with Crippen molar-refractivity contribution in [3.05, 3.63) is 0 Å². The van der Waals surface area contributed by atoms with Gasteiger partial charge < -0.3 is 20.9 Å². The lowest BCUT2D eigenvalue weighted by molar-refractivity contribution is -0.140. The third-order valence-corrected chi connectivity index (χ3v) is 2.09. The van der Waals surface area contributed by atoms with Crippen molar-refractivity contribution >= 4 is 18.0 Å². The standard InChI is InChI=1S/C8H12N2O5/c9-8(14)15-2-1-10-6(11)4-3-5(4)7(12)13/h4-5H,1-3H2,(H2,9,14)(H,10,11)(H,12,13)/t4-,5+/m1/s1. The fraction of sp³-hybridized carbons (Fsp3) is 0.625. The van der Waals surface area contributed by atoms with Crippen LogP contribution in [0.25, 0.3) is 0 Å². The SMILES string of the molecule is NC(=O)OCCNC(=O)[C@@H]1C[C@@H]1C(=O)O. The lowest BCUT2D eigenvalue weighted by atomic mass is 10.3. The molecule has 0 aliphatic heterocycles. The Balaban J connectivity index is 2.10. The zero-order valence-corrected chi connectivity index (χ0v) is 7.93. The summed E-state index contributed by atoms with van der Waals surface area (Å²) >= 11 is 0. The summed E-state index contributed by atoms with van der Waals surface area (Å²) < 4.78 is 4.37. The number of carbonyl (C=O) groups is 3.